The second kappa shape index (κ2) is 9.72. The number of ether oxygens (including phenoxy) is 2. The Morgan fingerprint density at radius 1 is 1.20 bits per heavy atom. The molecular formula is C16H26FNO2. The van der Waals surface area contributed by atoms with Gasteiger partial charge in [-0.1, -0.05) is 20.8 Å². The van der Waals surface area contributed by atoms with Crippen molar-refractivity contribution in [2.24, 2.45) is 5.92 Å². The first-order chi connectivity index (χ1) is 9.63. The molecule has 0 saturated heterocycles. The first-order valence-electron chi connectivity index (χ1n) is 7.33. The van der Waals surface area contributed by atoms with E-state index in [4.69, 9.17) is 9.47 Å². The van der Waals surface area contributed by atoms with E-state index in [2.05, 4.69) is 19.2 Å². The summed E-state index contributed by atoms with van der Waals surface area (Å²) in [5.74, 6) is 1.14. The maximum absolute atomic E-state index is 13.2. The van der Waals surface area contributed by atoms with E-state index >= 15 is 0 Å². The van der Waals surface area contributed by atoms with Crippen LogP contribution >= 0.6 is 0 Å². The molecule has 0 aliphatic carbocycles. The summed E-state index contributed by atoms with van der Waals surface area (Å²) in [5.41, 5.74) is 0.842. The molecule has 0 heterocycles. The molecule has 3 nitrogen and oxygen atoms in total. The minimum absolute atomic E-state index is 0.238. The first kappa shape index (κ1) is 16.9. The topological polar surface area (TPSA) is 30.5 Å². The smallest absolute Gasteiger partial charge is 0.124 e. The quantitative estimate of drug-likeness (QED) is 0.668. The number of nitrogens with one attached hydrogen (secondary N) is 1. The maximum Gasteiger partial charge on any atom is 0.124 e. The number of hydrogen-bond donors (Lipinski definition) is 1. The van der Waals surface area contributed by atoms with Crippen molar-refractivity contribution in [1.29, 1.82) is 0 Å². The predicted octanol–water partition coefficient (Wildman–Crippen LogP) is 3.38. The molecule has 0 aliphatic heterocycles. The van der Waals surface area contributed by atoms with Gasteiger partial charge in [0, 0.05) is 18.7 Å². The number of halogens is 1. The molecule has 20 heavy (non-hydrogen) atoms. The molecular weight excluding hydrogens is 257 g/mol. The van der Waals surface area contributed by atoms with Crippen LogP contribution in [0.25, 0.3) is 0 Å². The highest BCUT2D eigenvalue weighted by atomic mass is 19.1. The fourth-order valence-corrected chi connectivity index (χ4v) is 1.72. The minimum Gasteiger partial charge on any atom is -0.491 e. The maximum atomic E-state index is 13.2. The van der Waals surface area contributed by atoms with Crippen LogP contribution in [0.3, 0.4) is 0 Å². The third kappa shape index (κ3) is 6.87. The second-order valence-electron chi connectivity index (χ2n) is 5.18. The molecule has 0 aliphatic rings. The summed E-state index contributed by atoms with van der Waals surface area (Å²) in [4.78, 5) is 0. The van der Waals surface area contributed by atoms with Gasteiger partial charge >= 0.3 is 0 Å². The molecule has 4 heteroatoms. The Bertz CT molecular complexity index is 383. The van der Waals surface area contributed by atoms with Gasteiger partial charge in [-0.3, -0.25) is 0 Å². The summed E-state index contributed by atoms with van der Waals surface area (Å²) < 4.78 is 24.4. The predicted molar refractivity (Wildman–Crippen MR) is 79.5 cm³/mol. The average Bonchev–Trinajstić information content (AvgIpc) is 2.41. The van der Waals surface area contributed by atoms with Crippen LogP contribution in [0.2, 0.25) is 0 Å². The average molecular weight is 283 g/mol. The van der Waals surface area contributed by atoms with Crippen LogP contribution < -0.4 is 10.1 Å². The molecule has 0 aromatic heterocycles. The lowest BCUT2D eigenvalue weighted by Crippen LogP contribution is -2.14. The Balaban J connectivity index is 2.35. The standard InChI is InChI=1S/C16H26FNO2/c1-4-18-12-14-11-15(17)5-6-16(14)20-10-9-19-8-7-13(2)3/h5-6,11,13,18H,4,7-10,12H2,1-3H3. The normalized spacial score (nSPS) is 11.1. The SMILES string of the molecule is CCNCc1cc(F)ccc1OCCOCCC(C)C. The van der Waals surface area contributed by atoms with Gasteiger partial charge in [-0.15, -0.1) is 0 Å². The summed E-state index contributed by atoms with van der Waals surface area (Å²) in [6.45, 7) is 9.62. The molecule has 0 unspecified atom stereocenters. The van der Waals surface area contributed by atoms with Gasteiger partial charge in [0.15, 0.2) is 0 Å². The Labute approximate surface area is 121 Å². The minimum atomic E-state index is -0.238. The first-order valence-corrected chi connectivity index (χ1v) is 7.33. The van der Waals surface area contributed by atoms with Crippen LogP contribution in [0.1, 0.15) is 32.8 Å². The Morgan fingerprint density at radius 2 is 2.00 bits per heavy atom. The van der Waals surface area contributed by atoms with Crippen molar-refractivity contribution in [3.8, 4) is 5.75 Å². The molecule has 0 saturated carbocycles. The summed E-state index contributed by atoms with van der Waals surface area (Å²) in [6, 6.07) is 4.61. The summed E-state index contributed by atoms with van der Waals surface area (Å²) >= 11 is 0. The van der Waals surface area contributed by atoms with Gasteiger partial charge in [-0.05, 0) is 37.1 Å². The van der Waals surface area contributed by atoms with Crippen LogP contribution in [0.15, 0.2) is 18.2 Å². The van der Waals surface area contributed by atoms with E-state index in [9.17, 15) is 4.39 Å². The van der Waals surface area contributed by atoms with E-state index in [-0.39, 0.29) is 5.82 Å². The van der Waals surface area contributed by atoms with Crippen molar-refractivity contribution in [1.82, 2.24) is 5.32 Å². The number of rotatable bonds is 10. The molecule has 1 N–H and O–H groups in total. The van der Waals surface area contributed by atoms with Crippen LogP contribution in [-0.2, 0) is 11.3 Å². The van der Waals surface area contributed by atoms with Crippen molar-refractivity contribution in [2.45, 2.75) is 33.7 Å². The second-order valence-corrected chi connectivity index (χ2v) is 5.18. The molecule has 0 spiro atoms. The third-order valence-corrected chi connectivity index (χ3v) is 2.91. The van der Waals surface area contributed by atoms with E-state index in [1.807, 2.05) is 6.92 Å². The number of benzene rings is 1. The van der Waals surface area contributed by atoms with Crippen LogP contribution in [0.5, 0.6) is 5.75 Å². The zero-order valence-corrected chi connectivity index (χ0v) is 12.7. The Morgan fingerprint density at radius 3 is 2.70 bits per heavy atom. The highest BCUT2D eigenvalue weighted by Gasteiger charge is 2.05. The molecule has 0 radical (unpaired) electrons. The van der Waals surface area contributed by atoms with Gasteiger partial charge in [0.05, 0.1) is 6.61 Å². The van der Waals surface area contributed by atoms with Crippen molar-refractivity contribution in [2.75, 3.05) is 26.4 Å². The van der Waals surface area contributed by atoms with Crippen molar-refractivity contribution in [3.63, 3.8) is 0 Å². The molecule has 1 aromatic rings. The van der Waals surface area contributed by atoms with Crippen molar-refractivity contribution in [3.05, 3.63) is 29.6 Å². The summed E-state index contributed by atoms with van der Waals surface area (Å²) in [6.07, 6.45) is 1.06. The van der Waals surface area contributed by atoms with Gasteiger partial charge in [-0.2, -0.15) is 0 Å². The van der Waals surface area contributed by atoms with Crippen molar-refractivity contribution < 1.29 is 13.9 Å². The van der Waals surface area contributed by atoms with Crippen LogP contribution in [0.4, 0.5) is 4.39 Å². The molecule has 0 amide bonds. The molecule has 1 rings (SSSR count). The molecule has 0 fully saturated rings. The molecule has 0 bridgehead atoms. The largest absolute Gasteiger partial charge is 0.491 e. The highest BCUT2D eigenvalue weighted by molar-refractivity contribution is 5.33. The van der Waals surface area contributed by atoms with Gasteiger partial charge in [0.1, 0.15) is 18.2 Å². The Kier molecular flexibility index (Phi) is 8.23. The van der Waals surface area contributed by atoms with Crippen LogP contribution in [0, 0.1) is 11.7 Å². The van der Waals surface area contributed by atoms with E-state index in [0.717, 1.165) is 30.9 Å². The molecule has 1 aromatic carbocycles. The van der Waals surface area contributed by atoms with Gasteiger partial charge in [-0.25, -0.2) is 4.39 Å². The van der Waals surface area contributed by atoms with Crippen molar-refractivity contribution >= 4 is 0 Å². The van der Waals surface area contributed by atoms with Gasteiger partial charge in [0.25, 0.3) is 0 Å². The monoisotopic (exact) mass is 283 g/mol. The van der Waals surface area contributed by atoms with E-state index in [1.54, 1.807) is 6.07 Å². The van der Waals surface area contributed by atoms with E-state index in [1.165, 1.54) is 12.1 Å². The summed E-state index contributed by atoms with van der Waals surface area (Å²) in [7, 11) is 0. The zero-order chi connectivity index (χ0) is 14.8. The zero-order valence-electron chi connectivity index (χ0n) is 12.7. The number of hydrogen-bond acceptors (Lipinski definition) is 3. The lowest BCUT2D eigenvalue weighted by atomic mass is 10.1. The summed E-state index contributed by atoms with van der Waals surface area (Å²) in [5, 5.41) is 3.18. The van der Waals surface area contributed by atoms with Gasteiger partial charge < -0.3 is 14.8 Å². The molecule has 114 valence electrons. The third-order valence-electron chi connectivity index (χ3n) is 2.91. The van der Waals surface area contributed by atoms with E-state index in [0.29, 0.717) is 25.7 Å². The molecule has 0 atom stereocenters. The fourth-order valence-electron chi connectivity index (χ4n) is 1.72. The lowest BCUT2D eigenvalue weighted by Gasteiger charge is -2.12. The Hall–Kier alpha value is -1.13. The lowest BCUT2D eigenvalue weighted by molar-refractivity contribution is 0.0922. The van der Waals surface area contributed by atoms with Crippen LogP contribution in [-0.4, -0.2) is 26.4 Å². The van der Waals surface area contributed by atoms with E-state index < -0.39 is 0 Å². The van der Waals surface area contributed by atoms with Gasteiger partial charge in [0.2, 0.25) is 0 Å². The highest BCUT2D eigenvalue weighted by Crippen LogP contribution is 2.19. The fraction of sp³-hybridized carbons (Fsp3) is 0.625.